The molecule has 1 aromatic rings. The maximum absolute atomic E-state index is 13.4. The molecule has 0 spiro atoms. The predicted octanol–water partition coefficient (Wildman–Crippen LogP) is 1.09. The minimum absolute atomic E-state index is 0.149. The Balaban J connectivity index is 1.84. The van der Waals surface area contributed by atoms with E-state index in [2.05, 4.69) is 15.1 Å². The molecule has 3 fully saturated rings. The van der Waals surface area contributed by atoms with Gasteiger partial charge in [0.05, 0.1) is 0 Å². The Morgan fingerprint density at radius 2 is 2.06 bits per heavy atom. The highest BCUT2D eigenvalue weighted by Crippen LogP contribution is 2.27. The third kappa shape index (κ3) is 2.16. The van der Waals surface area contributed by atoms with Crippen molar-refractivity contribution in [3.63, 3.8) is 0 Å². The number of likely N-dealkylation sites (N-methyl/N-ethyl adjacent to an activating group) is 1. The summed E-state index contributed by atoms with van der Waals surface area (Å²) in [7, 11) is 1.97. The normalized spacial score (nSPS) is 32.4. The fourth-order valence-corrected chi connectivity index (χ4v) is 3.26. The summed E-state index contributed by atoms with van der Waals surface area (Å²) < 4.78 is 13.4. The van der Waals surface area contributed by atoms with Crippen LogP contribution < -0.4 is 5.32 Å². The second-order valence-corrected chi connectivity index (χ2v) is 5.23. The Hall–Kier alpha value is -0.970. The van der Waals surface area contributed by atoms with E-state index in [4.69, 9.17) is 0 Å². The third-order valence-electron chi connectivity index (χ3n) is 4.22. The first-order valence-corrected chi connectivity index (χ1v) is 6.67. The molecule has 1 N–H and O–H groups in total. The molecule has 2 unspecified atom stereocenters. The quantitative estimate of drug-likeness (QED) is 0.865. The summed E-state index contributed by atoms with van der Waals surface area (Å²) in [6, 6.07) is 7.64. The van der Waals surface area contributed by atoms with Gasteiger partial charge in [-0.05, 0) is 24.7 Å². The SMILES string of the molecule is CNC(c1cccc(F)c1)C1CN2CCN1CC2. The van der Waals surface area contributed by atoms with Crippen LogP contribution in [0.5, 0.6) is 0 Å². The van der Waals surface area contributed by atoms with E-state index in [0.29, 0.717) is 6.04 Å². The Kier molecular flexibility index (Phi) is 3.33. The van der Waals surface area contributed by atoms with E-state index in [9.17, 15) is 4.39 Å². The van der Waals surface area contributed by atoms with Crippen LogP contribution in [0.1, 0.15) is 11.6 Å². The first-order valence-electron chi connectivity index (χ1n) is 6.67. The van der Waals surface area contributed by atoms with E-state index in [-0.39, 0.29) is 11.9 Å². The number of rotatable bonds is 3. The van der Waals surface area contributed by atoms with Gasteiger partial charge in [0.1, 0.15) is 5.82 Å². The Bertz CT molecular complexity index is 415. The summed E-state index contributed by atoms with van der Waals surface area (Å²) in [6.45, 7) is 5.71. The van der Waals surface area contributed by atoms with E-state index < -0.39 is 0 Å². The van der Waals surface area contributed by atoms with E-state index in [1.165, 1.54) is 19.2 Å². The molecule has 4 rings (SSSR count). The summed E-state index contributed by atoms with van der Waals surface area (Å²) in [5.74, 6) is -0.149. The predicted molar refractivity (Wildman–Crippen MR) is 70.0 cm³/mol. The van der Waals surface area contributed by atoms with Crippen LogP contribution in [0.15, 0.2) is 24.3 Å². The lowest BCUT2D eigenvalue weighted by Crippen LogP contribution is -2.63. The van der Waals surface area contributed by atoms with Crippen molar-refractivity contribution in [2.24, 2.45) is 0 Å². The molecule has 0 aromatic heterocycles. The van der Waals surface area contributed by atoms with Gasteiger partial charge in [-0.3, -0.25) is 9.80 Å². The number of benzene rings is 1. The highest BCUT2D eigenvalue weighted by atomic mass is 19.1. The zero-order chi connectivity index (χ0) is 12.5. The van der Waals surface area contributed by atoms with Gasteiger partial charge in [0.15, 0.2) is 0 Å². The van der Waals surface area contributed by atoms with Gasteiger partial charge in [-0.1, -0.05) is 12.1 Å². The van der Waals surface area contributed by atoms with Crippen molar-refractivity contribution in [3.05, 3.63) is 35.6 Å². The average Bonchev–Trinajstić information content (AvgIpc) is 2.41. The zero-order valence-corrected chi connectivity index (χ0v) is 10.8. The summed E-state index contributed by atoms with van der Waals surface area (Å²) >= 11 is 0. The average molecular weight is 249 g/mol. The molecule has 18 heavy (non-hydrogen) atoms. The minimum atomic E-state index is -0.149. The van der Waals surface area contributed by atoms with Crippen LogP contribution >= 0.6 is 0 Å². The molecule has 98 valence electrons. The zero-order valence-electron chi connectivity index (χ0n) is 10.8. The number of fused-ring (bicyclic) bond motifs is 3. The van der Waals surface area contributed by atoms with Crippen LogP contribution in [0.2, 0.25) is 0 Å². The van der Waals surface area contributed by atoms with Crippen molar-refractivity contribution in [2.45, 2.75) is 12.1 Å². The number of nitrogens with zero attached hydrogens (tertiary/aromatic N) is 2. The summed E-state index contributed by atoms with van der Waals surface area (Å²) in [5, 5.41) is 3.37. The van der Waals surface area contributed by atoms with Crippen LogP contribution in [0.3, 0.4) is 0 Å². The van der Waals surface area contributed by atoms with Gasteiger partial charge in [0.25, 0.3) is 0 Å². The molecule has 4 heteroatoms. The Morgan fingerprint density at radius 3 is 2.61 bits per heavy atom. The van der Waals surface area contributed by atoms with E-state index in [0.717, 1.165) is 25.2 Å². The Morgan fingerprint density at radius 1 is 1.28 bits per heavy atom. The topological polar surface area (TPSA) is 18.5 Å². The molecule has 0 radical (unpaired) electrons. The molecule has 1 aromatic carbocycles. The molecule has 0 amide bonds. The van der Waals surface area contributed by atoms with Crippen molar-refractivity contribution >= 4 is 0 Å². The lowest BCUT2D eigenvalue weighted by molar-refractivity contribution is -0.00258. The second-order valence-electron chi connectivity index (χ2n) is 5.23. The van der Waals surface area contributed by atoms with Crippen molar-refractivity contribution in [1.29, 1.82) is 0 Å². The van der Waals surface area contributed by atoms with Crippen LogP contribution in [0.4, 0.5) is 4.39 Å². The highest BCUT2D eigenvalue weighted by Gasteiger charge is 2.36. The number of hydrogen-bond acceptors (Lipinski definition) is 3. The number of piperazine rings is 3. The molecule has 2 bridgehead atoms. The van der Waals surface area contributed by atoms with Crippen LogP contribution in [-0.4, -0.2) is 55.6 Å². The molecule has 3 heterocycles. The van der Waals surface area contributed by atoms with E-state index in [1.54, 1.807) is 12.1 Å². The van der Waals surface area contributed by atoms with Gasteiger partial charge < -0.3 is 5.32 Å². The maximum Gasteiger partial charge on any atom is 0.123 e. The van der Waals surface area contributed by atoms with Crippen molar-refractivity contribution in [1.82, 2.24) is 15.1 Å². The van der Waals surface area contributed by atoms with E-state index >= 15 is 0 Å². The monoisotopic (exact) mass is 249 g/mol. The lowest BCUT2D eigenvalue weighted by atomic mass is 9.94. The number of halogens is 1. The highest BCUT2D eigenvalue weighted by molar-refractivity contribution is 5.22. The summed E-state index contributed by atoms with van der Waals surface area (Å²) in [4.78, 5) is 5.04. The van der Waals surface area contributed by atoms with Gasteiger partial charge in [-0.15, -0.1) is 0 Å². The maximum atomic E-state index is 13.4. The van der Waals surface area contributed by atoms with Crippen LogP contribution in [-0.2, 0) is 0 Å². The van der Waals surface area contributed by atoms with Gasteiger partial charge in [0.2, 0.25) is 0 Å². The first-order chi connectivity index (χ1) is 8.78. The molecule has 3 nitrogen and oxygen atoms in total. The van der Waals surface area contributed by atoms with Gasteiger partial charge in [0, 0.05) is 44.8 Å². The third-order valence-corrected chi connectivity index (χ3v) is 4.22. The van der Waals surface area contributed by atoms with Gasteiger partial charge in [-0.25, -0.2) is 4.39 Å². The molecular formula is C14H20FN3. The van der Waals surface area contributed by atoms with Crippen LogP contribution in [0, 0.1) is 5.82 Å². The molecular weight excluding hydrogens is 229 g/mol. The molecule has 0 aliphatic carbocycles. The molecule has 3 aliphatic rings. The molecule has 3 saturated heterocycles. The fourth-order valence-electron chi connectivity index (χ4n) is 3.26. The molecule has 3 aliphatic heterocycles. The van der Waals surface area contributed by atoms with Crippen LogP contribution in [0.25, 0.3) is 0 Å². The second kappa shape index (κ2) is 4.96. The van der Waals surface area contributed by atoms with Crippen molar-refractivity contribution in [2.75, 3.05) is 39.8 Å². The Labute approximate surface area is 108 Å². The van der Waals surface area contributed by atoms with Crippen molar-refractivity contribution in [3.8, 4) is 0 Å². The van der Waals surface area contributed by atoms with Gasteiger partial charge >= 0.3 is 0 Å². The summed E-state index contributed by atoms with van der Waals surface area (Å²) in [6.07, 6.45) is 0. The molecule has 0 saturated carbocycles. The lowest BCUT2D eigenvalue weighted by Gasteiger charge is -2.50. The molecule has 2 atom stereocenters. The summed E-state index contributed by atoms with van der Waals surface area (Å²) in [5.41, 5.74) is 1.05. The van der Waals surface area contributed by atoms with E-state index in [1.807, 2.05) is 13.1 Å². The largest absolute Gasteiger partial charge is 0.312 e. The van der Waals surface area contributed by atoms with Gasteiger partial charge in [-0.2, -0.15) is 0 Å². The fraction of sp³-hybridized carbons (Fsp3) is 0.571. The minimum Gasteiger partial charge on any atom is -0.312 e. The number of hydrogen-bond donors (Lipinski definition) is 1. The number of nitrogens with one attached hydrogen (secondary N) is 1. The standard InChI is InChI=1S/C14H20FN3/c1-16-14(11-3-2-4-12(15)9-11)13-10-17-5-7-18(13)8-6-17/h2-4,9,13-14,16H,5-8,10H2,1H3. The van der Waals surface area contributed by atoms with Crippen molar-refractivity contribution < 1.29 is 4.39 Å². The first kappa shape index (κ1) is 12.1. The smallest absolute Gasteiger partial charge is 0.123 e.